The molecule has 2 atom stereocenters. The van der Waals surface area contributed by atoms with Gasteiger partial charge >= 0.3 is 0 Å². The van der Waals surface area contributed by atoms with Crippen molar-refractivity contribution in [2.45, 2.75) is 25.4 Å². The molecule has 0 bridgehead atoms. The molecule has 1 amide bonds. The first-order valence-electron chi connectivity index (χ1n) is 8.05. The first-order valence-corrected chi connectivity index (χ1v) is 8.42. The largest absolute Gasteiger partial charge is 0.344 e. The Kier molecular flexibility index (Phi) is 4.71. The maximum atomic E-state index is 12.1. The second-order valence-corrected chi connectivity index (χ2v) is 6.80. The number of benzene rings is 1. The Morgan fingerprint density at radius 1 is 1.09 bits per heavy atom. The lowest BCUT2D eigenvalue weighted by Crippen LogP contribution is -2.52. The fourth-order valence-electron chi connectivity index (χ4n) is 3.53. The minimum atomic E-state index is 0.109. The summed E-state index contributed by atoms with van der Waals surface area (Å²) in [5.41, 5.74) is 1.30. The maximum absolute atomic E-state index is 12.1. The second kappa shape index (κ2) is 6.57. The van der Waals surface area contributed by atoms with Gasteiger partial charge in [0, 0.05) is 50.8 Å². The van der Waals surface area contributed by atoms with Gasteiger partial charge in [-0.15, -0.1) is 0 Å². The SMILES string of the molecule is C[C@@H](c1ccc(Cl)cc1)N1CCN([C@H]2CCN(C)C2=O)CC1. The van der Waals surface area contributed by atoms with Crippen molar-refractivity contribution in [1.29, 1.82) is 0 Å². The summed E-state index contributed by atoms with van der Waals surface area (Å²) in [7, 11) is 1.90. The van der Waals surface area contributed by atoms with E-state index < -0.39 is 0 Å². The maximum Gasteiger partial charge on any atom is 0.239 e. The molecule has 0 aliphatic carbocycles. The van der Waals surface area contributed by atoms with Crippen LogP contribution in [0.25, 0.3) is 0 Å². The molecule has 22 heavy (non-hydrogen) atoms. The standard InChI is InChI=1S/C17H24ClN3O/c1-13(14-3-5-15(18)6-4-14)20-9-11-21(12-10-20)16-7-8-19(2)17(16)22/h3-6,13,16H,7-12H2,1-2H3/t13-,16-/m0/s1. The molecule has 2 aliphatic rings. The zero-order chi connectivity index (χ0) is 15.7. The van der Waals surface area contributed by atoms with Crippen molar-refractivity contribution in [3.05, 3.63) is 34.9 Å². The fraction of sp³-hybridized carbons (Fsp3) is 0.588. The van der Waals surface area contributed by atoms with Crippen LogP contribution in [-0.2, 0) is 4.79 Å². The van der Waals surface area contributed by atoms with Gasteiger partial charge in [0.1, 0.15) is 0 Å². The highest BCUT2D eigenvalue weighted by Gasteiger charge is 2.35. The number of nitrogens with zero attached hydrogens (tertiary/aromatic N) is 3. The number of carbonyl (C=O) groups excluding carboxylic acids is 1. The molecule has 2 aliphatic heterocycles. The lowest BCUT2D eigenvalue weighted by Gasteiger charge is -2.40. The number of likely N-dealkylation sites (tertiary alicyclic amines) is 1. The van der Waals surface area contributed by atoms with Crippen LogP contribution < -0.4 is 0 Å². The van der Waals surface area contributed by atoms with E-state index in [1.54, 1.807) is 0 Å². The van der Waals surface area contributed by atoms with Gasteiger partial charge in [-0.3, -0.25) is 14.6 Å². The molecule has 2 saturated heterocycles. The predicted molar refractivity (Wildman–Crippen MR) is 89.1 cm³/mol. The molecular formula is C17H24ClN3O. The van der Waals surface area contributed by atoms with Crippen molar-refractivity contribution in [3.63, 3.8) is 0 Å². The Bertz CT molecular complexity index is 525. The first kappa shape index (κ1) is 15.8. The van der Waals surface area contributed by atoms with Crippen LogP contribution in [0, 0.1) is 0 Å². The van der Waals surface area contributed by atoms with Gasteiger partial charge in [-0.25, -0.2) is 0 Å². The summed E-state index contributed by atoms with van der Waals surface area (Å²) in [6, 6.07) is 8.62. The van der Waals surface area contributed by atoms with E-state index in [1.165, 1.54) is 5.56 Å². The van der Waals surface area contributed by atoms with E-state index >= 15 is 0 Å². The minimum Gasteiger partial charge on any atom is -0.344 e. The van der Waals surface area contributed by atoms with E-state index in [0.29, 0.717) is 11.9 Å². The molecule has 1 aromatic rings. The molecule has 4 nitrogen and oxygen atoms in total. The van der Waals surface area contributed by atoms with Gasteiger partial charge in [0.25, 0.3) is 0 Å². The average molecular weight is 322 g/mol. The van der Waals surface area contributed by atoms with E-state index in [0.717, 1.165) is 44.2 Å². The molecule has 0 aromatic heterocycles. The molecular weight excluding hydrogens is 298 g/mol. The van der Waals surface area contributed by atoms with Crippen LogP contribution in [0.15, 0.2) is 24.3 Å². The summed E-state index contributed by atoms with van der Waals surface area (Å²) < 4.78 is 0. The number of likely N-dealkylation sites (N-methyl/N-ethyl adjacent to an activating group) is 1. The zero-order valence-electron chi connectivity index (χ0n) is 13.3. The molecule has 0 N–H and O–H groups in total. The van der Waals surface area contributed by atoms with Gasteiger partial charge in [0.15, 0.2) is 0 Å². The van der Waals surface area contributed by atoms with Crippen LogP contribution in [-0.4, -0.2) is 66.4 Å². The van der Waals surface area contributed by atoms with Crippen LogP contribution in [0.4, 0.5) is 0 Å². The molecule has 3 rings (SSSR count). The fourth-order valence-corrected chi connectivity index (χ4v) is 3.66. The summed E-state index contributed by atoms with van der Waals surface area (Å²) in [5.74, 6) is 0.291. The normalized spacial score (nSPS) is 25.7. The van der Waals surface area contributed by atoms with Crippen molar-refractivity contribution >= 4 is 17.5 Å². The lowest BCUT2D eigenvalue weighted by atomic mass is 10.1. The number of hydrogen-bond donors (Lipinski definition) is 0. The molecule has 0 spiro atoms. The van der Waals surface area contributed by atoms with Gasteiger partial charge in [-0.2, -0.15) is 0 Å². The summed E-state index contributed by atoms with van der Waals surface area (Å²) in [4.78, 5) is 18.8. The Labute approximate surface area is 137 Å². The second-order valence-electron chi connectivity index (χ2n) is 6.36. The van der Waals surface area contributed by atoms with Crippen molar-refractivity contribution in [1.82, 2.24) is 14.7 Å². The Hall–Kier alpha value is -1.10. The third-order valence-electron chi connectivity index (χ3n) is 5.09. The molecule has 2 heterocycles. The summed E-state index contributed by atoms with van der Waals surface area (Å²) in [6.07, 6.45) is 0.974. The van der Waals surface area contributed by atoms with Crippen molar-refractivity contribution < 1.29 is 4.79 Å². The van der Waals surface area contributed by atoms with E-state index in [1.807, 2.05) is 24.1 Å². The molecule has 2 fully saturated rings. The third kappa shape index (κ3) is 3.14. The number of halogens is 1. The molecule has 120 valence electrons. The monoisotopic (exact) mass is 321 g/mol. The van der Waals surface area contributed by atoms with E-state index in [4.69, 9.17) is 11.6 Å². The minimum absolute atomic E-state index is 0.109. The quantitative estimate of drug-likeness (QED) is 0.854. The molecule has 0 saturated carbocycles. The first-order chi connectivity index (χ1) is 10.6. The van der Waals surface area contributed by atoms with Gasteiger partial charge in [-0.05, 0) is 31.0 Å². The third-order valence-corrected chi connectivity index (χ3v) is 5.34. The van der Waals surface area contributed by atoms with Crippen LogP contribution in [0.5, 0.6) is 0 Å². The summed E-state index contributed by atoms with van der Waals surface area (Å²) >= 11 is 5.96. The van der Waals surface area contributed by atoms with Crippen LogP contribution in [0.2, 0.25) is 5.02 Å². The topological polar surface area (TPSA) is 26.8 Å². The van der Waals surface area contributed by atoms with Crippen molar-refractivity contribution in [2.24, 2.45) is 0 Å². The van der Waals surface area contributed by atoms with Crippen molar-refractivity contribution in [2.75, 3.05) is 39.8 Å². The highest BCUT2D eigenvalue weighted by atomic mass is 35.5. The highest BCUT2D eigenvalue weighted by molar-refractivity contribution is 6.30. The van der Waals surface area contributed by atoms with Gasteiger partial charge in [-0.1, -0.05) is 23.7 Å². The number of hydrogen-bond acceptors (Lipinski definition) is 3. The van der Waals surface area contributed by atoms with Gasteiger partial charge < -0.3 is 4.90 Å². The van der Waals surface area contributed by atoms with E-state index in [9.17, 15) is 4.79 Å². The Morgan fingerprint density at radius 3 is 2.27 bits per heavy atom. The van der Waals surface area contributed by atoms with Crippen LogP contribution in [0.1, 0.15) is 24.9 Å². The predicted octanol–water partition coefficient (Wildman–Crippen LogP) is 2.25. The number of carbonyl (C=O) groups is 1. The smallest absolute Gasteiger partial charge is 0.239 e. The Morgan fingerprint density at radius 2 is 1.73 bits per heavy atom. The lowest BCUT2D eigenvalue weighted by molar-refractivity contribution is -0.131. The summed E-state index contributed by atoms with van der Waals surface area (Å²) in [6.45, 7) is 7.11. The number of piperazine rings is 1. The highest BCUT2D eigenvalue weighted by Crippen LogP contribution is 2.25. The number of rotatable bonds is 3. The van der Waals surface area contributed by atoms with Crippen LogP contribution in [0.3, 0.4) is 0 Å². The van der Waals surface area contributed by atoms with E-state index in [-0.39, 0.29) is 6.04 Å². The molecule has 0 unspecified atom stereocenters. The van der Waals surface area contributed by atoms with Crippen molar-refractivity contribution in [3.8, 4) is 0 Å². The molecule has 5 heteroatoms. The van der Waals surface area contributed by atoms with Crippen LogP contribution >= 0.6 is 11.6 Å². The van der Waals surface area contributed by atoms with E-state index in [2.05, 4.69) is 28.9 Å². The van der Waals surface area contributed by atoms with Gasteiger partial charge in [0.2, 0.25) is 5.91 Å². The Balaban J connectivity index is 1.57. The summed E-state index contributed by atoms with van der Waals surface area (Å²) in [5, 5.41) is 0.782. The molecule has 0 radical (unpaired) electrons. The average Bonchev–Trinajstić information content (AvgIpc) is 2.87. The van der Waals surface area contributed by atoms with Gasteiger partial charge in [0.05, 0.1) is 6.04 Å². The number of amides is 1. The molecule has 1 aromatic carbocycles. The zero-order valence-corrected chi connectivity index (χ0v) is 14.1.